The van der Waals surface area contributed by atoms with Crippen molar-refractivity contribution >= 4 is 0 Å². The molecule has 1 aromatic heterocycles. The minimum atomic E-state index is 0.760. The van der Waals surface area contributed by atoms with E-state index in [2.05, 4.69) is 19.2 Å². The molecule has 0 aliphatic carbocycles. The zero-order valence-corrected chi connectivity index (χ0v) is 9.47. The van der Waals surface area contributed by atoms with E-state index in [1.54, 1.807) is 0 Å². The third-order valence-corrected chi connectivity index (χ3v) is 2.37. The fourth-order valence-corrected chi connectivity index (χ4v) is 1.62. The maximum Gasteiger partial charge on any atom is 0.117 e. The summed E-state index contributed by atoms with van der Waals surface area (Å²) < 4.78 is 5.46. The molecule has 14 heavy (non-hydrogen) atoms. The molecule has 0 fully saturated rings. The van der Waals surface area contributed by atoms with Crippen molar-refractivity contribution in [2.24, 2.45) is 5.92 Å². The molecule has 80 valence electrons. The van der Waals surface area contributed by atoms with Gasteiger partial charge >= 0.3 is 0 Å². The molecule has 0 amide bonds. The Labute approximate surface area is 86.7 Å². The normalized spacial score (nSPS) is 13.1. The SMILES string of the molecule is CCCC(C)CNCc1ccc(C)o1. The maximum absolute atomic E-state index is 5.46. The van der Waals surface area contributed by atoms with E-state index in [1.807, 2.05) is 19.1 Å². The lowest BCUT2D eigenvalue weighted by Crippen LogP contribution is -2.20. The van der Waals surface area contributed by atoms with Gasteiger partial charge in [-0.25, -0.2) is 0 Å². The van der Waals surface area contributed by atoms with Crippen LogP contribution in [0.15, 0.2) is 16.5 Å². The zero-order valence-electron chi connectivity index (χ0n) is 9.47. The van der Waals surface area contributed by atoms with Crippen LogP contribution < -0.4 is 5.32 Å². The lowest BCUT2D eigenvalue weighted by atomic mass is 10.1. The van der Waals surface area contributed by atoms with Gasteiger partial charge in [-0.3, -0.25) is 0 Å². The summed E-state index contributed by atoms with van der Waals surface area (Å²) in [6.45, 7) is 8.41. The predicted molar refractivity (Wildman–Crippen MR) is 59.2 cm³/mol. The van der Waals surface area contributed by atoms with E-state index in [9.17, 15) is 0 Å². The van der Waals surface area contributed by atoms with Crippen LogP contribution in [0.3, 0.4) is 0 Å². The highest BCUT2D eigenvalue weighted by atomic mass is 16.3. The Balaban J connectivity index is 2.15. The highest BCUT2D eigenvalue weighted by Gasteiger charge is 2.01. The fourth-order valence-electron chi connectivity index (χ4n) is 1.62. The summed E-state index contributed by atoms with van der Waals surface area (Å²) in [5.41, 5.74) is 0. The van der Waals surface area contributed by atoms with Gasteiger partial charge < -0.3 is 9.73 Å². The molecule has 2 nitrogen and oxygen atoms in total. The van der Waals surface area contributed by atoms with Crippen LogP contribution in [0.5, 0.6) is 0 Å². The highest BCUT2D eigenvalue weighted by molar-refractivity contribution is 5.05. The molecule has 0 bridgehead atoms. The number of nitrogens with one attached hydrogen (secondary N) is 1. The summed E-state index contributed by atoms with van der Waals surface area (Å²) in [7, 11) is 0. The van der Waals surface area contributed by atoms with E-state index in [1.165, 1.54) is 12.8 Å². The summed E-state index contributed by atoms with van der Waals surface area (Å²) in [5, 5.41) is 3.41. The second kappa shape index (κ2) is 5.86. The average Bonchev–Trinajstić information content (AvgIpc) is 2.52. The number of hydrogen-bond acceptors (Lipinski definition) is 2. The number of furan rings is 1. The van der Waals surface area contributed by atoms with Crippen molar-refractivity contribution in [2.75, 3.05) is 6.54 Å². The number of hydrogen-bond donors (Lipinski definition) is 1. The first-order chi connectivity index (χ1) is 6.72. The minimum Gasteiger partial charge on any atom is -0.465 e. The second-order valence-electron chi connectivity index (χ2n) is 4.04. The van der Waals surface area contributed by atoms with Crippen LogP contribution >= 0.6 is 0 Å². The van der Waals surface area contributed by atoms with Crippen molar-refractivity contribution < 1.29 is 4.42 Å². The molecular formula is C12H21NO. The molecule has 0 aliphatic heterocycles. The van der Waals surface area contributed by atoms with E-state index in [0.29, 0.717) is 0 Å². The third-order valence-electron chi connectivity index (χ3n) is 2.37. The summed E-state index contributed by atoms with van der Waals surface area (Å²) in [5.74, 6) is 2.78. The summed E-state index contributed by atoms with van der Waals surface area (Å²) >= 11 is 0. The van der Waals surface area contributed by atoms with Gasteiger partial charge in [-0.2, -0.15) is 0 Å². The standard InChI is InChI=1S/C12H21NO/c1-4-5-10(2)8-13-9-12-7-6-11(3)14-12/h6-7,10,13H,4-5,8-9H2,1-3H3. The molecule has 0 radical (unpaired) electrons. The highest BCUT2D eigenvalue weighted by Crippen LogP contribution is 2.07. The summed E-state index contributed by atoms with van der Waals surface area (Å²) in [6.07, 6.45) is 2.56. The Hall–Kier alpha value is -0.760. The monoisotopic (exact) mass is 195 g/mol. The lowest BCUT2D eigenvalue weighted by Gasteiger charge is -2.09. The maximum atomic E-state index is 5.46. The molecule has 2 heteroatoms. The van der Waals surface area contributed by atoms with E-state index in [-0.39, 0.29) is 0 Å². The smallest absolute Gasteiger partial charge is 0.117 e. The third kappa shape index (κ3) is 3.97. The van der Waals surface area contributed by atoms with Gasteiger partial charge in [0.05, 0.1) is 6.54 Å². The van der Waals surface area contributed by atoms with Crippen LogP contribution in [0.4, 0.5) is 0 Å². The second-order valence-corrected chi connectivity index (χ2v) is 4.04. The van der Waals surface area contributed by atoms with E-state index in [4.69, 9.17) is 4.42 Å². The van der Waals surface area contributed by atoms with E-state index in [0.717, 1.165) is 30.5 Å². The number of rotatable bonds is 6. The molecule has 1 rings (SSSR count). The molecule has 1 heterocycles. The van der Waals surface area contributed by atoms with Crippen LogP contribution in [-0.4, -0.2) is 6.54 Å². The van der Waals surface area contributed by atoms with Crippen molar-refractivity contribution in [1.29, 1.82) is 0 Å². The summed E-state index contributed by atoms with van der Waals surface area (Å²) in [4.78, 5) is 0. The Morgan fingerprint density at radius 1 is 1.43 bits per heavy atom. The molecule has 1 unspecified atom stereocenters. The fraction of sp³-hybridized carbons (Fsp3) is 0.667. The Bertz CT molecular complexity index is 255. The van der Waals surface area contributed by atoms with Crippen LogP contribution in [0.1, 0.15) is 38.2 Å². The van der Waals surface area contributed by atoms with Gasteiger partial charge in [0.1, 0.15) is 11.5 Å². The lowest BCUT2D eigenvalue weighted by molar-refractivity contribution is 0.429. The van der Waals surface area contributed by atoms with E-state index < -0.39 is 0 Å². The molecule has 0 aliphatic rings. The molecular weight excluding hydrogens is 174 g/mol. The largest absolute Gasteiger partial charge is 0.465 e. The molecule has 0 aromatic carbocycles. The Morgan fingerprint density at radius 3 is 2.79 bits per heavy atom. The number of aryl methyl sites for hydroxylation is 1. The van der Waals surface area contributed by atoms with E-state index >= 15 is 0 Å². The van der Waals surface area contributed by atoms with Gasteiger partial charge in [-0.1, -0.05) is 20.3 Å². The van der Waals surface area contributed by atoms with Crippen LogP contribution in [0, 0.1) is 12.8 Å². The molecule has 1 N–H and O–H groups in total. The topological polar surface area (TPSA) is 25.2 Å². The van der Waals surface area contributed by atoms with Gasteiger partial charge in [0.25, 0.3) is 0 Å². The Morgan fingerprint density at radius 2 is 2.21 bits per heavy atom. The average molecular weight is 195 g/mol. The van der Waals surface area contributed by atoms with Gasteiger partial charge in [0.15, 0.2) is 0 Å². The van der Waals surface area contributed by atoms with Crippen molar-refractivity contribution in [3.63, 3.8) is 0 Å². The summed E-state index contributed by atoms with van der Waals surface area (Å²) in [6, 6.07) is 4.04. The van der Waals surface area contributed by atoms with Crippen molar-refractivity contribution in [2.45, 2.75) is 40.2 Å². The van der Waals surface area contributed by atoms with Crippen molar-refractivity contribution in [1.82, 2.24) is 5.32 Å². The molecule has 1 atom stereocenters. The first-order valence-corrected chi connectivity index (χ1v) is 5.48. The van der Waals surface area contributed by atoms with Crippen molar-refractivity contribution in [3.8, 4) is 0 Å². The molecule has 0 saturated carbocycles. The van der Waals surface area contributed by atoms with Crippen LogP contribution in [0.25, 0.3) is 0 Å². The van der Waals surface area contributed by atoms with Crippen LogP contribution in [0.2, 0.25) is 0 Å². The van der Waals surface area contributed by atoms with Gasteiger partial charge in [-0.15, -0.1) is 0 Å². The molecule has 0 spiro atoms. The first kappa shape index (κ1) is 11.3. The molecule has 1 aromatic rings. The van der Waals surface area contributed by atoms with Crippen LogP contribution in [-0.2, 0) is 6.54 Å². The van der Waals surface area contributed by atoms with Gasteiger partial charge in [0, 0.05) is 0 Å². The quantitative estimate of drug-likeness (QED) is 0.754. The molecule has 0 saturated heterocycles. The predicted octanol–water partition coefficient (Wildman–Crippen LogP) is 3.11. The van der Waals surface area contributed by atoms with Crippen molar-refractivity contribution in [3.05, 3.63) is 23.7 Å². The Kier molecular flexibility index (Phi) is 4.74. The first-order valence-electron chi connectivity index (χ1n) is 5.48. The van der Waals surface area contributed by atoms with Gasteiger partial charge in [-0.05, 0) is 37.9 Å². The van der Waals surface area contributed by atoms with Gasteiger partial charge in [0.2, 0.25) is 0 Å². The minimum absolute atomic E-state index is 0.760. The zero-order chi connectivity index (χ0) is 10.4.